The van der Waals surface area contributed by atoms with E-state index >= 15 is 0 Å². The third kappa shape index (κ3) is 8.28. The van der Waals surface area contributed by atoms with Gasteiger partial charge in [-0.15, -0.1) is 0 Å². The fourth-order valence-electron chi connectivity index (χ4n) is 3.57. The fraction of sp³-hybridized carbons (Fsp3) is 0.440. The van der Waals surface area contributed by atoms with E-state index in [2.05, 4.69) is 5.32 Å². The minimum Gasteiger partial charge on any atom is -0.497 e. The van der Waals surface area contributed by atoms with Gasteiger partial charge in [0.15, 0.2) is 0 Å². The molecular weight excluding hydrogens is 525 g/mol. The molecule has 0 unspecified atom stereocenters. The van der Waals surface area contributed by atoms with Gasteiger partial charge in [0.05, 0.1) is 29.1 Å². The second-order valence-electron chi connectivity index (χ2n) is 9.40. The topological polar surface area (TPSA) is 96.0 Å². The molecule has 0 saturated heterocycles. The van der Waals surface area contributed by atoms with E-state index in [1.54, 1.807) is 49.4 Å². The summed E-state index contributed by atoms with van der Waals surface area (Å²) in [6.45, 7) is 6.87. The average Bonchev–Trinajstić information content (AvgIpc) is 2.77. The van der Waals surface area contributed by atoms with Gasteiger partial charge < -0.3 is 15.0 Å². The number of hydrogen-bond acceptors (Lipinski definition) is 5. The molecule has 0 bridgehead atoms. The Labute approximate surface area is 223 Å². The molecule has 0 saturated carbocycles. The quantitative estimate of drug-likeness (QED) is 0.464. The molecular formula is C25H33Cl2N3O5S. The van der Waals surface area contributed by atoms with Crippen molar-refractivity contribution in [1.29, 1.82) is 0 Å². The molecule has 11 heteroatoms. The first kappa shape index (κ1) is 29.7. The number of nitrogens with one attached hydrogen (secondary N) is 1. The molecule has 8 nitrogen and oxygen atoms in total. The Kier molecular flexibility index (Phi) is 10.0. The first-order valence-corrected chi connectivity index (χ1v) is 13.9. The van der Waals surface area contributed by atoms with E-state index in [0.29, 0.717) is 33.5 Å². The van der Waals surface area contributed by atoms with Crippen LogP contribution in [0.2, 0.25) is 10.0 Å². The number of carbonyl (C=O) groups is 2. The van der Waals surface area contributed by atoms with Gasteiger partial charge in [-0.3, -0.25) is 13.9 Å². The Bertz CT molecular complexity index is 1180. The Hall–Kier alpha value is -2.49. The molecule has 2 rings (SSSR count). The van der Waals surface area contributed by atoms with Crippen LogP contribution in [0.5, 0.6) is 5.75 Å². The molecule has 0 aliphatic rings. The summed E-state index contributed by atoms with van der Waals surface area (Å²) >= 11 is 12.2. The standard InChI is InChI=1S/C25H33Cl2N3O5S/c1-7-22(24(32)28-25(2,3)4)29(15-17-8-13-20(26)21(27)14-17)23(31)16-30(36(6,33)34)18-9-11-19(35-5)12-10-18/h8-14,22H,7,15-16H2,1-6H3,(H,28,32)/t22-/m0/s1. The lowest BCUT2D eigenvalue weighted by atomic mass is 10.1. The van der Waals surface area contributed by atoms with E-state index in [1.807, 2.05) is 20.8 Å². The molecule has 2 aromatic carbocycles. The van der Waals surface area contributed by atoms with Crippen LogP contribution in [0.4, 0.5) is 5.69 Å². The summed E-state index contributed by atoms with van der Waals surface area (Å²) < 4.78 is 31.5. The van der Waals surface area contributed by atoms with Gasteiger partial charge in [-0.1, -0.05) is 36.2 Å². The lowest BCUT2D eigenvalue weighted by Gasteiger charge is -2.34. The highest BCUT2D eigenvalue weighted by molar-refractivity contribution is 7.92. The molecule has 1 atom stereocenters. The van der Waals surface area contributed by atoms with Crippen LogP contribution in [0.25, 0.3) is 0 Å². The highest BCUT2D eigenvalue weighted by Crippen LogP contribution is 2.25. The van der Waals surface area contributed by atoms with Gasteiger partial charge in [-0.2, -0.15) is 0 Å². The first-order chi connectivity index (χ1) is 16.7. The highest BCUT2D eigenvalue weighted by Gasteiger charge is 2.33. The molecule has 198 valence electrons. The normalized spacial score (nSPS) is 12.6. The molecule has 0 aromatic heterocycles. The van der Waals surface area contributed by atoms with Crippen LogP contribution in [0.1, 0.15) is 39.7 Å². The van der Waals surface area contributed by atoms with Crippen LogP contribution in [0.15, 0.2) is 42.5 Å². The zero-order valence-corrected chi connectivity index (χ0v) is 23.7. The number of nitrogens with zero attached hydrogens (tertiary/aromatic N) is 2. The monoisotopic (exact) mass is 557 g/mol. The van der Waals surface area contributed by atoms with Crippen LogP contribution in [0, 0.1) is 0 Å². The van der Waals surface area contributed by atoms with Gasteiger partial charge in [-0.05, 0) is 69.2 Å². The smallest absolute Gasteiger partial charge is 0.244 e. The van der Waals surface area contributed by atoms with E-state index in [9.17, 15) is 18.0 Å². The SMILES string of the molecule is CC[C@@H](C(=O)NC(C)(C)C)N(Cc1ccc(Cl)c(Cl)c1)C(=O)CN(c1ccc(OC)cc1)S(C)(=O)=O. The predicted molar refractivity (Wildman–Crippen MR) is 144 cm³/mol. The molecule has 0 radical (unpaired) electrons. The fourth-order valence-corrected chi connectivity index (χ4v) is 4.74. The summed E-state index contributed by atoms with van der Waals surface area (Å²) in [6, 6.07) is 10.4. The summed E-state index contributed by atoms with van der Waals surface area (Å²) in [5.41, 5.74) is 0.425. The van der Waals surface area contributed by atoms with Crippen molar-refractivity contribution in [3.63, 3.8) is 0 Å². The van der Waals surface area contributed by atoms with E-state index in [1.165, 1.54) is 12.0 Å². The first-order valence-electron chi connectivity index (χ1n) is 11.3. The molecule has 0 fully saturated rings. The van der Waals surface area contributed by atoms with E-state index < -0.39 is 34.1 Å². The van der Waals surface area contributed by atoms with Gasteiger partial charge in [0.2, 0.25) is 21.8 Å². The second kappa shape index (κ2) is 12.2. The molecule has 2 amide bonds. The zero-order valence-electron chi connectivity index (χ0n) is 21.3. The number of carbonyl (C=O) groups excluding carboxylic acids is 2. The summed E-state index contributed by atoms with van der Waals surface area (Å²) in [5, 5.41) is 3.58. The van der Waals surface area contributed by atoms with Crippen molar-refractivity contribution in [3.05, 3.63) is 58.1 Å². The number of halogens is 2. The van der Waals surface area contributed by atoms with Crippen molar-refractivity contribution in [1.82, 2.24) is 10.2 Å². The van der Waals surface area contributed by atoms with Gasteiger partial charge in [-0.25, -0.2) is 8.42 Å². The number of amides is 2. The average molecular weight is 559 g/mol. The van der Waals surface area contributed by atoms with Crippen LogP contribution in [-0.4, -0.2) is 56.6 Å². The third-order valence-corrected chi connectivity index (χ3v) is 7.14. The van der Waals surface area contributed by atoms with Crippen molar-refractivity contribution in [2.75, 3.05) is 24.2 Å². The van der Waals surface area contributed by atoms with Gasteiger partial charge >= 0.3 is 0 Å². The minimum absolute atomic E-state index is 0.0337. The molecule has 36 heavy (non-hydrogen) atoms. The van der Waals surface area contributed by atoms with Crippen molar-refractivity contribution in [2.45, 2.75) is 52.2 Å². The maximum absolute atomic E-state index is 13.7. The van der Waals surface area contributed by atoms with Crippen molar-refractivity contribution >= 4 is 50.7 Å². The predicted octanol–water partition coefficient (Wildman–Crippen LogP) is 4.49. The largest absolute Gasteiger partial charge is 0.497 e. The van der Waals surface area contributed by atoms with Crippen LogP contribution >= 0.6 is 23.2 Å². The summed E-state index contributed by atoms with van der Waals surface area (Å²) in [5.74, 6) is -0.336. The Balaban J connectivity index is 2.47. The zero-order chi connectivity index (χ0) is 27.3. The van der Waals surface area contributed by atoms with Gasteiger partial charge in [0, 0.05) is 12.1 Å². The minimum atomic E-state index is -3.83. The van der Waals surface area contributed by atoms with Gasteiger partial charge in [0.25, 0.3) is 0 Å². The van der Waals surface area contributed by atoms with Crippen LogP contribution < -0.4 is 14.4 Å². The van der Waals surface area contributed by atoms with E-state index in [0.717, 1.165) is 10.6 Å². The maximum Gasteiger partial charge on any atom is 0.244 e. The molecule has 2 aromatic rings. The molecule has 0 aliphatic heterocycles. The lowest BCUT2D eigenvalue weighted by Crippen LogP contribution is -2.55. The van der Waals surface area contributed by atoms with Crippen LogP contribution in [-0.2, 0) is 26.2 Å². The molecule has 0 spiro atoms. The second-order valence-corrected chi connectivity index (χ2v) is 12.1. The Morgan fingerprint density at radius 2 is 1.67 bits per heavy atom. The van der Waals surface area contributed by atoms with E-state index in [-0.39, 0.29) is 12.5 Å². The number of hydrogen-bond donors (Lipinski definition) is 1. The van der Waals surface area contributed by atoms with Crippen LogP contribution in [0.3, 0.4) is 0 Å². The number of benzene rings is 2. The van der Waals surface area contributed by atoms with E-state index in [4.69, 9.17) is 27.9 Å². The summed E-state index contributed by atoms with van der Waals surface area (Å²) in [4.78, 5) is 28.2. The molecule has 0 aliphatic carbocycles. The molecule has 0 heterocycles. The molecule has 1 N–H and O–H groups in total. The summed E-state index contributed by atoms with van der Waals surface area (Å²) in [7, 11) is -2.33. The lowest BCUT2D eigenvalue weighted by molar-refractivity contribution is -0.141. The summed E-state index contributed by atoms with van der Waals surface area (Å²) in [6.07, 6.45) is 1.34. The Morgan fingerprint density at radius 1 is 1.06 bits per heavy atom. The van der Waals surface area contributed by atoms with Crippen molar-refractivity contribution < 1.29 is 22.7 Å². The van der Waals surface area contributed by atoms with Gasteiger partial charge in [0.1, 0.15) is 18.3 Å². The number of ether oxygens (including phenoxy) is 1. The number of rotatable bonds is 10. The number of methoxy groups -OCH3 is 1. The maximum atomic E-state index is 13.7. The number of sulfonamides is 1. The van der Waals surface area contributed by atoms with Crippen molar-refractivity contribution in [3.8, 4) is 5.75 Å². The third-order valence-electron chi connectivity index (χ3n) is 5.26. The van der Waals surface area contributed by atoms with Crippen molar-refractivity contribution in [2.24, 2.45) is 0 Å². The highest BCUT2D eigenvalue weighted by atomic mass is 35.5. The Morgan fingerprint density at radius 3 is 2.14 bits per heavy atom. The number of anilines is 1.